The summed E-state index contributed by atoms with van der Waals surface area (Å²) in [5, 5.41) is 13.7. The van der Waals surface area contributed by atoms with E-state index < -0.39 is 5.91 Å². The minimum absolute atomic E-state index is 0.158. The molecule has 4 N–H and O–H groups in total. The molecule has 0 atom stereocenters. The van der Waals surface area contributed by atoms with Gasteiger partial charge in [0, 0.05) is 34.4 Å². The van der Waals surface area contributed by atoms with E-state index in [9.17, 15) is 9.59 Å². The number of nitrogens with one attached hydrogen (secondary N) is 3. The highest BCUT2D eigenvalue weighted by Crippen LogP contribution is 2.26. The predicted octanol–water partition coefficient (Wildman–Crippen LogP) is 3.47. The largest absolute Gasteiger partial charge is 0.358 e. The van der Waals surface area contributed by atoms with E-state index in [4.69, 9.17) is 5.21 Å². The van der Waals surface area contributed by atoms with Gasteiger partial charge in [-0.25, -0.2) is 5.48 Å². The summed E-state index contributed by atoms with van der Waals surface area (Å²) in [6.45, 7) is 0.520. The third-order valence-corrected chi connectivity index (χ3v) is 5.47. The van der Waals surface area contributed by atoms with E-state index >= 15 is 0 Å². The highest BCUT2D eigenvalue weighted by Gasteiger charge is 2.12. The number of fused-ring (bicyclic) bond motifs is 2. The Balaban J connectivity index is 1.42. The van der Waals surface area contributed by atoms with Crippen LogP contribution in [0.4, 0.5) is 0 Å². The molecular formula is C20H17N3O3S. The van der Waals surface area contributed by atoms with Crippen LogP contribution in [-0.4, -0.2) is 28.6 Å². The second-order valence-corrected chi connectivity index (χ2v) is 7.28. The minimum atomic E-state index is -0.555. The number of carbonyl (C=O) groups is 2. The number of H-pyrrole nitrogens is 1. The molecule has 136 valence electrons. The molecule has 7 heteroatoms. The van der Waals surface area contributed by atoms with Crippen LogP contribution in [0.5, 0.6) is 0 Å². The van der Waals surface area contributed by atoms with Crippen LogP contribution in [0.25, 0.3) is 21.0 Å². The number of hydrogen-bond acceptors (Lipinski definition) is 4. The van der Waals surface area contributed by atoms with Crippen molar-refractivity contribution in [3.63, 3.8) is 0 Å². The van der Waals surface area contributed by atoms with Gasteiger partial charge in [0.25, 0.3) is 11.8 Å². The Morgan fingerprint density at radius 2 is 1.85 bits per heavy atom. The molecule has 2 amide bonds. The van der Waals surface area contributed by atoms with Gasteiger partial charge in [-0.05, 0) is 41.1 Å². The molecule has 0 unspecified atom stereocenters. The van der Waals surface area contributed by atoms with Crippen molar-refractivity contribution in [3.8, 4) is 0 Å². The molecule has 4 rings (SSSR count). The first-order valence-corrected chi connectivity index (χ1v) is 9.28. The number of aromatic amines is 1. The number of benzene rings is 2. The van der Waals surface area contributed by atoms with Crippen molar-refractivity contribution in [1.82, 2.24) is 15.8 Å². The normalized spacial score (nSPS) is 11.0. The molecule has 0 aliphatic rings. The van der Waals surface area contributed by atoms with Crippen molar-refractivity contribution in [3.05, 3.63) is 70.7 Å². The Kier molecular flexibility index (Phi) is 4.62. The van der Waals surface area contributed by atoms with E-state index in [2.05, 4.69) is 22.4 Å². The Bertz CT molecular complexity index is 1110. The van der Waals surface area contributed by atoms with Gasteiger partial charge in [0.05, 0.1) is 4.88 Å². The maximum atomic E-state index is 12.4. The van der Waals surface area contributed by atoms with Gasteiger partial charge in [-0.1, -0.05) is 24.3 Å². The van der Waals surface area contributed by atoms with Gasteiger partial charge < -0.3 is 10.3 Å². The summed E-state index contributed by atoms with van der Waals surface area (Å²) in [4.78, 5) is 27.7. The third kappa shape index (κ3) is 3.55. The average molecular weight is 379 g/mol. The summed E-state index contributed by atoms with van der Waals surface area (Å²) in [5.74, 6) is -0.713. The number of aromatic nitrogens is 1. The van der Waals surface area contributed by atoms with Crippen LogP contribution < -0.4 is 10.8 Å². The zero-order valence-corrected chi connectivity index (χ0v) is 15.1. The van der Waals surface area contributed by atoms with E-state index in [-0.39, 0.29) is 5.91 Å². The topological polar surface area (TPSA) is 94.2 Å². The maximum Gasteiger partial charge on any atom is 0.284 e. The van der Waals surface area contributed by atoms with Crippen molar-refractivity contribution in [2.24, 2.45) is 0 Å². The van der Waals surface area contributed by atoms with E-state index in [0.29, 0.717) is 23.4 Å². The number of hydrogen-bond donors (Lipinski definition) is 4. The summed E-state index contributed by atoms with van der Waals surface area (Å²) in [7, 11) is 0. The fourth-order valence-electron chi connectivity index (χ4n) is 3.02. The molecule has 0 fully saturated rings. The van der Waals surface area contributed by atoms with Crippen LogP contribution in [0, 0.1) is 0 Å². The molecule has 0 aliphatic carbocycles. The molecular weight excluding hydrogens is 362 g/mol. The quantitative estimate of drug-likeness (QED) is 0.316. The molecule has 4 aromatic rings. The second kappa shape index (κ2) is 7.22. The van der Waals surface area contributed by atoms with Gasteiger partial charge in [0.1, 0.15) is 0 Å². The molecule has 0 aliphatic heterocycles. The van der Waals surface area contributed by atoms with Crippen LogP contribution in [-0.2, 0) is 6.42 Å². The predicted molar refractivity (Wildman–Crippen MR) is 105 cm³/mol. The lowest BCUT2D eigenvalue weighted by Gasteiger charge is -2.04. The minimum Gasteiger partial charge on any atom is -0.358 e. The van der Waals surface area contributed by atoms with Crippen molar-refractivity contribution in [2.75, 3.05) is 6.54 Å². The summed E-state index contributed by atoms with van der Waals surface area (Å²) in [6, 6.07) is 17.1. The number of rotatable bonds is 5. The fraction of sp³-hybridized carbons (Fsp3) is 0.100. The first-order chi connectivity index (χ1) is 13.1. The molecule has 2 aromatic heterocycles. The van der Waals surface area contributed by atoms with Crippen LogP contribution >= 0.6 is 11.3 Å². The SMILES string of the molecule is O=C(NCCc1cc2ccccc2[nH]1)c1ccc2cc(C(=O)NO)sc2c1. The average Bonchev–Trinajstić information content (AvgIpc) is 3.30. The molecule has 6 nitrogen and oxygen atoms in total. The smallest absolute Gasteiger partial charge is 0.284 e. The van der Waals surface area contributed by atoms with E-state index in [1.54, 1.807) is 29.7 Å². The second-order valence-electron chi connectivity index (χ2n) is 6.19. The van der Waals surface area contributed by atoms with Crippen LogP contribution in [0.1, 0.15) is 25.7 Å². The van der Waals surface area contributed by atoms with Gasteiger partial charge in [-0.15, -0.1) is 11.3 Å². The monoisotopic (exact) mass is 379 g/mol. The fourth-order valence-corrected chi connectivity index (χ4v) is 4.01. The van der Waals surface area contributed by atoms with Crippen LogP contribution in [0.15, 0.2) is 54.6 Å². The summed E-state index contributed by atoms with van der Waals surface area (Å²) >= 11 is 1.23. The van der Waals surface area contributed by atoms with Gasteiger partial charge >= 0.3 is 0 Å². The molecule has 0 radical (unpaired) electrons. The van der Waals surface area contributed by atoms with E-state index in [1.165, 1.54) is 11.3 Å². The summed E-state index contributed by atoms with van der Waals surface area (Å²) < 4.78 is 0.817. The third-order valence-electron chi connectivity index (χ3n) is 4.37. The Labute approximate surface area is 158 Å². The Morgan fingerprint density at radius 3 is 2.67 bits per heavy atom. The van der Waals surface area contributed by atoms with Gasteiger partial charge in [0.15, 0.2) is 0 Å². The number of thiophene rings is 1. The standard InChI is InChI=1S/C20H17N3O3S/c24-19(21-8-7-15-9-12-3-1-2-4-16(12)22-15)14-6-5-13-10-18(20(25)23-26)27-17(13)11-14/h1-6,9-11,22,26H,7-8H2,(H,21,24)(H,23,25). The van der Waals surface area contributed by atoms with Crippen LogP contribution in [0.3, 0.4) is 0 Å². The summed E-state index contributed by atoms with van der Waals surface area (Å²) in [5.41, 5.74) is 4.32. The zero-order chi connectivity index (χ0) is 18.8. The van der Waals surface area contributed by atoms with Crippen molar-refractivity contribution in [2.45, 2.75) is 6.42 Å². The summed E-state index contributed by atoms with van der Waals surface area (Å²) in [6.07, 6.45) is 0.711. The molecule has 2 aromatic carbocycles. The molecule has 2 heterocycles. The number of carbonyl (C=O) groups excluding carboxylic acids is 2. The first kappa shape index (κ1) is 17.3. The van der Waals surface area contributed by atoms with Crippen molar-refractivity contribution < 1.29 is 14.8 Å². The zero-order valence-electron chi connectivity index (χ0n) is 14.3. The molecule has 0 bridgehead atoms. The van der Waals surface area contributed by atoms with Gasteiger partial charge in [-0.3, -0.25) is 14.8 Å². The molecule has 27 heavy (non-hydrogen) atoms. The number of hydroxylamine groups is 1. The molecule has 0 saturated carbocycles. The lowest BCUT2D eigenvalue weighted by molar-refractivity contribution is 0.0711. The van der Waals surface area contributed by atoms with E-state index in [0.717, 1.165) is 26.7 Å². The molecule has 0 spiro atoms. The van der Waals surface area contributed by atoms with E-state index in [1.807, 2.05) is 18.2 Å². The lowest BCUT2D eigenvalue weighted by atomic mass is 10.1. The van der Waals surface area contributed by atoms with Crippen molar-refractivity contribution in [1.29, 1.82) is 0 Å². The number of para-hydroxylation sites is 1. The van der Waals surface area contributed by atoms with Gasteiger partial charge in [-0.2, -0.15) is 0 Å². The highest BCUT2D eigenvalue weighted by atomic mass is 32.1. The highest BCUT2D eigenvalue weighted by molar-refractivity contribution is 7.20. The molecule has 0 saturated heterocycles. The lowest BCUT2D eigenvalue weighted by Crippen LogP contribution is -2.25. The van der Waals surface area contributed by atoms with Crippen molar-refractivity contribution >= 4 is 44.1 Å². The Morgan fingerprint density at radius 1 is 1.00 bits per heavy atom. The number of amides is 2. The van der Waals surface area contributed by atoms with Crippen LogP contribution in [0.2, 0.25) is 0 Å². The first-order valence-electron chi connectivity index (χ1n) is 8.47. The Hall–Kier alpha value is -3.16. The van der Waals surface area contributed by atoms with Gasteiger partial charge in [0.2, 0.25) is 0 Å². The maximum absolute atomic E-state index is 12.4.